The second-order valence-electron chi connectivity index (χ2n) is 4.11. The fraction of sp³-hybridized carbons (Fsp3) is 0.333. The molecule has 0 atom stereocenters. The van der Waals surface area contributed by atoms with Gasteiger partial charge in [0.15, 0.2) is 0 Å². The molecule has 1 aliphatic rings. The number of hydrogen-bond acceptors (Lipinski definition) is 3. The number of carbonyl (C=O) groups is 1. The summed E-state index contributed by atoms with van der Waals surface area (Å²) in [5, 5.41) is 4.98. The van der Waals surface area contributed by atoms with Crippen LogP contribution in [0.4, 0.5) is 0 Å². The first kappa shape index (κ1) is 9.39. The molecule has 1 saturated carbocycles. The molecule has 0 bridgehead atoms. The highest BCUT2D eigenvalue weighted by atomic mass is 16.5. The van der Waals surface area contributed by atoms with Crippen LogP contribution in [0.3, 0.4) is 0 Å². The second kappa shape index (κ2) is 3.33. The Bertz CT molecular complexity index is 555. The summed E-state index contributed by atoms with van der Waals surface area (Å²) in [5.41, 5.74) is 0.829. The molecular weight excluding hydrogens is 204 g/mol. The van der Waals surface area contributed by atoms with Gasteiger partial charge in [-0.15, -0.1) is 0 Å². The van der Waals surface area contributed by atoms with Crippen molar-refractivity contribution in [3.05, 3.63) is 24.4 Å². The minimum atomic E-state index is -0.0779. The standard InChI is InChI=1S/C12H12N2O2/c1-8(15)14-12-5-4-11(16-10-2-3-10)6-9(12)7-13-14/h4-7,10H,2-3H2,1H3. The summed E-state index contributed by atoms with van der Waals surface area (Å²) in [5.74, 6) is 0.781. The summed E-state index contributed by atoms with van der Waals surface area (Å²) in [6.45, 7) is 1.50. The van der Waals surface area contributed by atoms with Crippen LogP contribution in [-0.2, 0) is 0 Å². The lowest BCUT2D eigenvalue weighted by Gasteiger charge is -2.04. The van der Waals surface area contributed by atoms with Gasteiger partial charge in [-0.25, -0.2) is 4.68 Å². The number of fused-ring (bicyclic) bond motifs is 1. The lowest BCUT2D eigenvalue weighted by molar-refractivity contribution is 0.0927. The average molecular weight is 216 g/mol. The van der Waals surface area contributed by atoms with E-state index in [0.717, 1.165) is 29.5 Å². The highest BCUT2D eigenvalue weighted by Crippen LogP contribution is 2.28. The molecule has 82 valence electrons. The van der Waals surface area contributed by atoms with Crippen LogP contribution in [0, 0.1) is 0 Å². The predicted molar refractivity (Wildman–Crippen MR) is 59.7 cm³/mol. The molecule has 0 saturated heterocycles. The van der Waals surface area contributed by atoms with Crippen LogP contribution in [0.15, 0.2) is 24.4 Å². The Labute approximate surface area is 92.8 Å². The molecule has 0 N–H and O–H groups in total. The van der Waals surface area contributed by atoms with E-state index in [1.165, 1.54) is 11.6 Å². The maximum Gasteiger partial charge on any atom is 0.244 e. The molecule has 1 aromatic carbocycles. The Balaban J connectivity index is 2.01. The fourth-order valence-electron chi connectivity index (χ4n) is 1.71. The highest BCUT2D eigenvalue weighted by Gasteiger charge is 2.23. The highest BCUT2D eigenvalue weighted by molar-refractivity contribution is 5.90. The van der Waals surface area contributed by atoms with E-state index in [0.29, 0.717) is 6.10 Å². The number of carbonyl (C=O) groups excluding carboxylic acids is 1. The fourth-order valence-corrected chi connectivity index (χ4v) is 1.71. The SMILES string of the molecule is CC(=O)n1ncc2cc(OC3CC3)ccc21. The van der Waals surface area contributed by atoms with Crippen molar-refractivity contribution in [3.63, 3.8) is 0 Å². The Kier molecular flexibility index (Phi) is 1.96. The molecule has 1 aliphatic carbocycles. The van der Waals surface area contributed by atoms with Crippen LogP contribution in [-0.4, -0.2) is 21.8 Å². The lowest BCUT2D eigenvalue weighted by atomic mass is 10.2. The number of rotatable bonds is 2. The van der Waals surface area contributed by atoms with Gasteiger partial charge >= 0.3 is 0 Å². The van der Waals surface area contributed by atoms with Crippen molar-refractivity contribution in [2.75, 3.05) is 0 Å². The van der Waals surface area contributed by atoms with E-state index in [4.69, 9.17) is 4.74 Å². The van der Waals surface area contributed by atoms with Crippen LogP contribution in [0.2, 0.25) is 0 Å². The summed E-state index contributed by atoms with van der Waals surface area (Å²) in [6, 6.07) is 5.70. The smallest absolute Gasteiger partial charge is 0.244 e. The van der Waals surface area contributed by atoms with E-state index >= 15 is 0 Å². The molecule has 0 spiro atoms. The molecule has 1 fully saturated rings. The minimum Gasteiger partial charge on any atom is -0.490 e. The molecule has 4 heteroatoms. The molecule has 0 radical (unpaired) electrons. The zero-order valence-corrected chi connectivity index (χ0v) is 9.01. The van der Waals surface area contributed by atoms with Crippen molar-refractivity contribution in [2.45, 2.75) is 25.9 Å². The van der Waals surface area contributed by atoms with Gasteiger partial charge in [0.25, 0.3) is 0 Å². The summed E-state index contributed by atoms with van der Waals surface area (Å²) >= 11 is 0. The van der Waals surface area contributed by atoms with Crippen molar-refractivity contribution < 1.29 is 9.53 Å². The summed E-state index contributed by atoms with van der Waals surface area (Å²) in [7, 11) is 0. The van der Waals surface area contributed by atoms with Gasteiger partial charge in [0.05, 0.1) is 17.8 Å². The molecule has 16 heavy (non-hydrogen) atoms. The third kappa shape index (κ3) is 1.56. The van der Waals surface area contributed by atoms with Crippen molar-refractivity contribution in [1.29, 1.82) is 0 Å². The van der Waals surface area contributed by atoms with E-state index in [1.54, 1.807) is 6.20 Å². The van der Waals surface area contributed by atoms with E-state index < -0.39 is 0 Å². The van der Waals surface area contributed by atoms with Gasteiger partial charge in [0, 0.05) is 12.3 Å². The topological polar surface area (TPSA) is 44.1 Å². The first-order chi connectivity index (χ1) is 7.74. The molecule has 0 amide bonds. The number of ether oxygens (including phenoxy) is 1. The Morgan fingerprint density at radius 2 is 2.31 bits per heavy atom. The van der Waals surface area contributed by atoms with Crippen LogP contribution >= 0.6 is 0 Å². The Hall–Kier alpha value is -1.84. The Morgan fingerprint density at radius 1 is 1.50 bits per heavy atom. The van der Waals surface area contributed by atoms with Crippen LogP contribution < -0.4 is 4.74 Å². The van der Waals surface area contributed by atoms with Crippen molar-refractivity contribution in [3.8, 4) is 5.75 Å². The maximum absolute atomic E-state index is 11.3. The van der Waals surface area contributed by atoms with Gasteiger partial charge in [-0.05, 0) is 31.0 Å². The predicted octanol–water partition coefficient (Wildman–Crippen LogP) is 2.24. The van der Waals surface area contributed by atoms with Gasteiger partial charge in [0.1, 0.15) is 5.75 Å². The van der Waals surface area contributed by atoms with E-state index in [9.17, 15) is 4.79 Å². The molecule has 4 nitrogen and oxygen atoms in total. The normalized spacial score (nSPS) is 15.3. The minimum absolute atomic E-state index is 0.0779. The number of hydrogen-bond donors (Lipinski definition) is 0. The molecular formula is C12H12N2O2. The van der Waals surface area contributed by atoms with Crippen LogP contribution in [0.1, 0.15) is 24.6 Å². The van der Waals surface area contributed by atoms with Crippen molar-refractivity contribution in [2.24, 2.45) is 0 Å². The molecule has 0 aliphatic heterocycles. The molecule has 1 aromatic heterocycles. The molecule has 2 aromatic rings. The van der Waals surface area contributed by atoms with Crippen LogP contribution in [0.25, 0.3) is 10.9 Å². The van der Waals surface area contributed by atoms with Gasteiger partial charge in [-0.3, -0.25) is 4.79 Å². The first-order valence-electron chi connectivity index (χ1n) is 5.39. The van der Waals surface area contributed by atoms with E-state index in [-0.39, 0.29) is 5.91 Å². The largest absolute Gasteiger partial charge is 0.490 e. The lowest BCUT2D eigenvalue weighted by Crippen LogP contribution is -2.06. The molecule has 3 rings (SSSR count). The summed E-state index contributed by atoms with van der Waals surface area (Å²) in [6.07, 6.45) is 4.37. The van der Waals surface area contributed by atoms with E-state index in [1.807, 2.05) is 18.2 Å². The van der Waals surface area contributed by atoms with Gasteiger partial charge in [-0.1, -0.05) is 0 Å². The average Bonchev–Trinajstić information content (AvgIpc) is 2.96. The maximum atomic E-state index is 11.3. The van der Waals surface area contributed by atoms with Crippen LogP contribution in [0.5, 0.6) is 5.75 Å². The quantitative estimate of drug-likeness (QED) is 0.773. The number of benzene rings is 1. The van der Waals surface area contributed by atoms with Gasteiger partial charge in [0.2, 0.25) is 5.91 Å². The number of nitrogens with zero attached hydrogens (tertiary/aromatic N) is 2. The molecule has 1 heterocycles. The summed E-state index contributed by atoms with van der Waals surface area (Å²) in [4.78, 5) is 11.3. The van der Waals surface area contributed by atoms with Gasteiger partial charge < -0.3 is 4.74 Å². The third-order valence-electron chi connectivity index (χ3n) is 2.66. The molecule has 0 unspecified atom stereocenters. The van der Waals surface area contributed by atoms with E-state index in [2.05, 4.69) is 5.10 Å². The second-order valence-corrected chi connectivity index (χ2v) is 4.11. The van der Waals surface area contributed by atoms with Crippen molar-refractivity contribution >= 4 is 16.8 Å². The Morgan fingerprint density at radius 3 is 3.00 bits per heavy atom. The van der Waals surface area contributed by atoms with Gasteiger partial charge in [-0.2, -0.15) is 5.10 Å². The number of aromatic nitrogens is 2. The monoisotopic (exact) mass is 216 g/mol. The third-order valence-corrected chi connectivity index (χ3v) is 2.66. The first-order valence-corrected chi connectivity index (χ1v) is 5.39. The summed E-state index contributed by atoms with van der Waals surface area (Å²) < 4.78 is 7.08. The zero-order chi connectivity index (χ0) is 11.1. The zero-order valence-electron chi connectivity index (χ0n) is 9.01. The van der Waals surface area contributed by atoms with Crippen molar-refractivity contribution in [1.82, 2.24) is 9.78 Å².